The van der Waals surface area contributed by atoms with Gasteiger partial charge >= 0.3 is 0 Å². The molecule has 21 heavy (non-hydrogen) atoms. The molecule has 0 saturated carbocycles. The van der Waals surface area contributed by atoms with Gasteiger partial charge in [-0.25, -0.2) is 0 Å². The maximum absolute atomic E-state index is 10.9. The van der Waals surface area contributed by atoms with Crippen molar-refractivity contribution in [2.24, 2.45) is 0 Å². The van der Waals surface area contributed by atoms with Crippen molar-refractivity contribution in [1.29, 1.82) is 0 Å². The average Bonchev–Trinajstić information content (AvgIpc) is 2.45. The Balaban J connectivity index is 2.68. The van der Waals surface area contributed by atoms with E-state index < -0.39 is 0 Å². The molecule has 0 amide bonds. The quantitative estimate of drug-likeness (QED) is 0.408. The van der Waals surface area contributed by atoms with Gasteiger partial charge in [0.2, 0.25) is 0 Å². The Morgan fingerprint density at radius 3 is 2.62 bits per heavy atom. The Hall–Kier alpha value is -1.66. The topological polar surface area (TPSA) is 73.6 Å². The maximum Gasteiger partial charge on any atom is 0.270 e. The van der Waals surface area contributed by atoms with Gasteiger partial charge in [-0.1, -0.05) is 13.8 Å². The molecule has 1 rings (SSSR count). The largest absolute Gasteiger partial charge is 0.493 e. The SMILES string of the molecule is COCCCCOc1ccc([N+](=O)[O-])cc1CNC(C)C. The van der Waals surface area contributed by atoms with Crippen molar-refractivity contribution < 1.29 is 14.4 Å². The molecule has 0 aromatic heterocycles. The predicted octanol–water partition coefficient (Wildman–Crippen LogP) is 2.90. The Morgan fingerprint density at radius 1 is 1.29 bits per heavy atom. The number of methoxy groups -OCH3 is 1. The third-order valence-corrected chi connectivity index (χ3v) is 2.96. The minimum atomic E-state index is -0.388. The lowest BCUT2D eigenvalue weighted by atomic mass is 10.1. The van der Waals surface area contributed by atoms with Gasteiger partial charge in [0, 0.05) is 44.0 Å². The molecule has 0 spiro atoms. The molecule has 1 aromatic rings. The summed E-state index contributed by atoms with van der Waals surface area (Å²) < 4.78 is 10.7. The molecule has 0 unspecified atom stereocenters. The van der Waals surface area contributed by atoms with Gasteiger partial charge in [-0.15, -0.1) is 0 Å². The lowest BCUT2D eigenvalue weighted by molar-refractivity contribution is -0.384. The molecule has 0 heterocycles. The third-order valence-electron chi connectivity index (χ3n) is 2.96. The number of nitrogens with one attached hydrogen (secondary N) is 1. The van der Waals surface area contributed by atoms with E-state index in [1.807, 2.05) is 13.8 Å². The highest BCUT2D eigenvalue weighted by Gasteiger charge is 2.12. The van der Waals surface area contributed by atoms with E-state index in [0.717, 1.165) is 18.4 Å². The number of ether oxygens (including phenoxy) is 2. The summed E-state index contributed by atoms with van der Waals surface area (Å²) in [5.41, 5.74) is 0.895. The van der Waals surface area contributed by atoms with Crippen LogP contribution >= 0.6 is 0 Å². The van der Waals surface area contributed by atoms with Gasteiger partial charge in [0.05, 0.1) is 11.5 Å². The van der Waals surface area contributed by atoms with Crippen LogP contribution in [0, 0.1) is 10.1 Å². The van der Waals surface area contributed by atoms with Crippen LogP contribution in [0.4, 0.5) is 5.69 Å². The van der Waals surface area contributed by atoms with Crippen molar-refractivity contribution in [2.45, 2.75) is 39.3 Å². The summed E-state index contributed by atoms with van der Waals surface area (Å²) in [6, 6.07) is 5.02. The van der Waals surface area contributed by atoms with Crippen molar-refractivity contribution in [3.8, 4) is 5.75 Å². The molecule has 1 aromatic carbocycles. The van der Waals surface area contributed by atoms with Crippen LogP contribution < -0.4 is 10.1 Å². The second kappa shape index (κ2) is 9.31. The Bertz CT molecular complexity index is 449. The Labute approximate surface area is 125 Å². The molecule has 6 nitrogen and oxygen atoms in total. The summed E-state index contributed by atoms with van der Waals surface area (Å²) in [4.78, 5) is 10.5. The van der Waals surface area contributed by atoms with Crippen LogP contribution in [0.25, 0.3) is 0 Å². The summed E-state index contributed by atoms with van der Waals surface area (Å²) in [7, 11) is 1.67. The lowest BCUT2D eigenvalue weighted by Crippen LogP contribution is -2.22. The monoisotopic (exact) mass is 296 g/mol. The number of unbranched alkanes of at least 4 members (excludes halogenated alkanes) is 1. The zero-order chi connectivity index (χ0) is 15.7. The molecule has 118 valence electrons. The zero-order valence-corrected chi connectivity index (χ0v) is 12.9. The van der Waals surface area contributed by atoms with E-state index in [4.69, 9.17) is 9.47 Å². The number of nitrogens with zero attached hydrogens (tertiary/aromatic N) is 1. The second-order valence-corrected chi connectivity index (χ2v) is 5.13. The molecule has 0 aliphatic rings. The highest BCUT2D eigenvalue weighted by Crippen LogP contribution is 2.24. The van der Waals surface area contributed by atoms with Gasteiger partial charge in [0.1, 0.15) is 5.75 Å². The van der Waals surface area contributed by atoms with Crippen molar-refractivity contribution in [2.75, 3.05) is 20.3 Å². The number of nitro groups is 1. The van der Waals surface area contributed by atoms with Crippen LogP contribution in [0.1, 0.15) is 32.3 Å². The smallest absolute Gasteiger partial charge is 0.270 e. The number of rotatable bonds is 10. The number of benzene rings is 1. The summed E-state index contributed by atoms with van der Waals surface area (Å²) in [6.07, 6.45) is 1.82. The molecule has 1 N–H and O–H groups in total. The Morgan fingerprint density at radius 2 is 2.00 bits per heavy atom. The van der Waals surface area contributed by atoms with E-state index in [2.05, 4.69) is 5.32 Å². The molecule has 6 heteroatoms. The molecule has 0 fully saturated rings. The third kappa shape index (κ3) is 6.55. The molecular formula is C15H24N2O4. The van der Waals surface area contributed by atoms with Gasteiger partial charge in [0.15, 0.2) is 0 Å². The number of non-ortho nitro benzene ring substituents is 1. The van der Waals surface area contributed by atoms with Crippen molar-refractivity contribution in [1.82, 2.24) is 5.32 Å². The molecule has 0 saturated heterocycles. The molecule has 0 bridgehead atoms. The molecule has 0 radical (unpaired) electrons. The van der Waals surface area contributed by atoms with Crippen molar-refractivity contribution >= 4 is 5.69 Å². The fourth-order valence-electron chi connectivity index (χ4n) is 1.80. The summed E-state index contributed by atoms with van der Waals surface area (Å²) >= 11 is 0. The first kappa shape index (κ1) is 17.4. The van der Waals surface area contributed by atoms with E-state index in [1.54, 1.807) is 19.2 Å². The summed E-state index contributed by atoms with van der Waals surface area (Å²) in [5.74, 6) is 0.700. The van der Waals surface area contributed by atoms with Crippen LogP contribution in [0.3, 0.4) is 0 Å². The normalized spacial score (nSPS) is 10.9. The lowest BCUT2D eigenvalue weighted by Gasteiger charge is -2.13. The molecule has 0 aliphatic carbocycles. The minimum Gasteiger partial charge on any atom is -0.493 e. The fraction of sp³-hybridized carbons (Fsp3) is 0.600. The number of hydrogen-bond donors (Lipinski definition) is 1. The van der Waals surface area contributed by atoms with E-state index >= 15 is 0 Å². The summed E-state index contributed by atoms with van der Waals surface area (Å²) in [6.45, 7) is 5.90. The fourth-order valence-corrected chi connectivity index (χ4v) is 1.80. The van der Waals surface area contributed by atoms with Crippen LogP contribution in [-0.4, -0.2) is 31.3 Å². The number of hydrogen-bond acceptors (Lipinski definition) is 5. The van der Waals surface area contributed by atoms with E-state index in [0.29, 0.717) is 31.5 Å². The summed E-state index contributed by atoms with van der Waals surface area (Å²) in [5, 5.41) is 14.1. The van der Waals surface area contributed by atoms with Crippen LogP contribution in [0.5, 0.6) is 5.75 Å². The second-order valence-electron chi connectivity index (χ2n) is 5.13. The van der Waals surface area contributed by atoms with Gasteiger partial charge in [-0.3, -0.25) is 10.1 Å². The van der Waals surface area contributed by atoms with Gasteiger partial charge < -0.3 is 14.8 Å². The first-order valence-corrected chi connectivity index (χ1v) is 7.17. The van der Waals surface area contributed by atoms with Crippen molar-refractivity contribution in [3.05, 3.63) is 33.9 Å². The average molecular weight is 296 g/mol. The molecule has 0 aliphatic heterocycles. The van der Waals surface area contributed by atoms with Gasteiger partial charge in [-0.2, -0.15) is 0 Å². The standard InChI is InChI=1S/C15H24N2O4/c1-12(2)16-11-13-10-14(17(18)19)6-7-15(13)21-9-5-4-8-20-3/h6-7,10,12,16H,4-5,8-9,11H2,1-3H3. The van der Waals surface area contributed by atoms with Crippen LogP contribution in [0.15, 0.2) is 18.2 Å². The molecule has 0 atom stereocenters. The van der Waals surface area contributed by atoms with Crippen LogP contribution in [-0.2, 0) is 11.3 Å². The van der Waals surface area contributed by atoms with Crippen molar-refractivity contribution in [3.63, 3.8) is 0 Å². The highest BCUT2D eigenvalue weighted by atomic mass is 16.6. The predicted molar refractivity (Wildman–Crippen MR) is 81.7 cm³/mol. The maximum atomic E-state index is 10.9. The zero-order valence-electron chi connectivity index (χ0n) is 12.9. The molecular weight excluding hydrogens is 272 g/mol. The van der Waals surface area contributed by atoms with Crippen LogP contribution in [0.2, 0.25) is 0 Å². The number of nitro benzene ring substituents is 1. The first-order chi connectivity index (χ1) is 10.0. The van der Waals surface area contributed by atoms with Gasteiger partial charge in [0.25, 0.3) is 5.69 Å². The highest BCUT2D eigenvalue weighted by molar-refractivity contribution is 5.43. The van der Waals surface area contributed by atoms with E-state index in [1.165, 1.54) is 6.07 Å². The van der Waals surface area contributed by atoms with E-state index in [9.17, 15) is 10.1 Å². The first-order valence-electron chi connectivity index (χ1n) is 7.17. The van der Waals surface area contributed by atoms with Gasteiger partial charge in [-0.05, 0) is 18.9 Å². The van der Waals surface area contributed by atoms with E-state index in [-0.39, 0.29) is 10.6 Å². The Kier molecular flexibility index (Phi) is 7.71. The minimum absolute atomic E-state index is 0.0855.